The van der Waals surface area contributed by atoms with Gasteiger partial charge < -0.3 is 9.84 Å². The maximum absolute atomic E-state index is 9.73. The van der Waals surface area contributed by atoms with E-state index in [-0.39, 0.29) is 6.61 Å². The van der Waals surface area contributed by atoms with E-state index in [1.165, 1.54) is 5.56 Å². The summed E-state index contributed by atoms with van der Waals surface area (Å²) in [4.78, 5) is 2.08. The molecule has 0 heterocycles. The minimum atomic E-state index is -0.676. The van der Waals surface area contributed by atoms with Crippen LogP contribution in [0.25, 0.3) is 0 Å². The minimum absolute atomic E-state index is 0.290. The van der Waals surface area contributed by atoms with Gasteiger partial charge in [0.15, 0.2) is 0 Å². The molecule has 0 aromatic heterocycles. The molecule has 0 bridgehead atoms. The molecule has 0 atom stereocenters. The van der Waals surface area contributed by atoms with Gasteiger partial charge in [0, 0.05) is 13.1 Å². The minimum Gasteiger partial charge on any atom is -0.481 e. The largest absolute Gasteiger partial charge is 0.481 e. The first-order valence-corrected chi connectivity index (χ1v) is 5.97. The number of aliphatic hydroxyl groups is 1. The summed E-state index contributed by atoms with van der Waals surface area (Å²) >= 11 is 0. The smallest absolute Gasteiger partial charge is 0.148 e. The van der Waals surface area contributed by atoms with Gasteiger partial charge in [0.2, 0.25) is 0 Å². The fourth-order valence-corrected chi connectivity index (χ4v) is 1.84. The van der Waals surface area contributed by atoms with Gasteiger partial charge in [0.05, 0.1) is 5.60 Å². The summed E-state index contributed by atoms with van der Waals surface area (Å²) < 4.78 is 5.31. The molecule has 0 radical (unpaired) electrons. The molecule has 0 unspecified atom stereocenters. The molecule has 0 aliphatic rings. The van der Waals surface area contributed by atoms with Crippen LogP contribution >= 0.6 is 0 Å². The second-order valence-electron chi connectivity index (χ2n) is 5.12. The Bertz CT molecular complexity index is 398. The van der Waals surface area contributed by atoms with E-state index >= 15 is 0 Å². The van der Waals surface area contributed by atoms with Crippen LogP contribution in [-0.4, -0.2) is 35.8 Å². The molecule has 1 N–H and O–H groups in total. The third kappa shape index (κ3) is 5.72. The van der Waals surface area contributed by atoms with Gasteiger partial charge in [0.1, 0.15) is 12.4 Å². The van der Waals surface area contributed by atoms with Crippen molar-refractivity contribution in [3.05, 3.63) is 29.8 Å². The average molecular weight is 247 g/mol. The summed E-state index contributed by atoms with van der Waals surface area (Å²) in [7, 11) is 1.99. The highest BCUT2D eigenvalue weighted by molar-refractivity contribution is 5.27. The van der Waals surface area contributed by atoms with Gasteiger partial charge in [-0.2, -0.15) is 0 Å². The Morgan fingerprint density at radius 1 is 1.33 bits per heavy atom. The number of nitrogens with zero attached hydrogens (tertiary/aromatic N) is 1. The Morgan fingerprint density at radius 2 is 1.94 bits per heavy atom. The molecule has 0 fully saturated rings. The van der Waals surface area contributed by atoms with Crippen molar-refractivity contribution < 1.29 is 9.84 Å². The summed E-state index contributed by atoms with van der Waals surface area (Å²) in [5.41, 5.74) is 0.500. The molecule has 0 saturated heterocycles. The molecule has 1 aromatic rings. The van der Waals surface area contributed by atoms with Gasteiger partial charge in [0.25, 0.3) is 0 Å². The van der Waals surface area contributed by atoms with Gasteiger partial charge in [-0.05, 0) is 38.6 Å². The Hall–Kier alpha value is -1.50. The summed E-state index contributed by atoms with van der Waals surface area (Å²) in [6, 6.07) is 7.83. The van der Waals surface area contributed by atoms with Crippen molar-refractivity contribution in [1.82, 2.24) is 4.90 Å². The zero-order valence-electron chi connectivity index (χ0n) is 11.3. The fraction of sp³-hybridized carbons (Fsp3) is 0.467. The zero-order valence-corrected chi connectivity index (χ0v) is 11.3. The lowest BCUT2D eigenvalue weighted by Crippen LogP contribution is -2.35. The van der Waals surface area contributed by atoms with Crippen molar-refractivity contribution in [3.8, 4) is 18.1 Å². The summed E-state index contributed by atoms with van der Waals surface area (Å²) in [5.74, 6) is 3.21. The quantitative estimate of drug-likeness (QED) is 0.779. The number of benzene rings is 1. The van der Waals surface area contributed by atoms with Crippen LogP contribution in [0.1, 0.15) is 19.4 Å². The van der Waals surface area contributed by atoms with Crippen LogP contribution in [0.4, 0.5) is 0 Å². The van der Waals surface area contributed by atoms with E-state index in [1.807, 2.05) is 31.3 Å². The normalized spacial score (nSPS) is 11.3. The molecular formula is C15H21NO2. The number of terminal acetylenes is 1. The average Bonchev–Trinajstić information content (AvgIpc) is 2.25. The van der Waals surface area contributed by atoms with E-state index in [2.05, 4.69) is 10.8 Å². The Balaban J connectivity index is 2.51. The fourth-order valence-electron chi connectivity index (χ4n) is 1.84. The highest BCUT2D eigenvalue weighted by Crippen LogP contribution is 2.14. The number of likely N-dealkylation sites (N-methyl/N-ethyl adjacent to an activating group) is 1. The third-order valence-corrected chi connectivity index (χ3v) is 2.35. The van der Waals surface area contributed by atoms with Gasteiger partial charge >= 0.3 is 0 Å². The van der Waals surface area contributed by atoms with E-state index < -0.39 is 5.60 Å². The Kier molecular flexibility index (Phi) is 5.21. The predicted molar refractivity (Wildman–Crippen MR) is 73.4 cm³/mol. The van der Waals surface area contributed by atoms with Crippen molar-refractivity contribution in [3.63, 3.8) is 0 Å². The lowest BCUT2D eigenvalue weighted by atomic mass is 10.1. The molecule has 98 valence electrons. The number of rotatable bonds is 6. The zero-order chi connectivity index (χ0) is 13.6. The molecule has 0 aliphatic carbocycles. The standard InChI is InChI=1S/C15H21NO2/c1-5-10-18-14-8-6-13(7-9-14)11-16(4)12-15(2,3)17/h1,6-9,17H,10-12H2,2-4H3. The number of hydrogen-bond donors (Lipinski definition) is 1. The van der Waals surface area contributed by atoms with E-state index in [4.69, 9.17) is 11.2 Å². The summed E-state index contributed by atoms with van der Waals surface area (Å²) in [5, 5.41) is 9.73. The van der Waals surface area contributed by atoms with Crippen LogP contribution in [0.15, 0.2) is 24.3 Å². The molecule has 0 spiro atoms. The van der Waals surface area contributed by atoms with Crippen LogP contribution in [-0.2, 0) is 6.54 Å². The lowest BCUT2D eigenvalue weighted by Gasteiger charge is -2.25. The van der Waals surface area contributed by atoms with Crippen molar-refractivity contribution in [2.24, 2.45) is 0 Å². The molecule has 0 saturated carbocycles. The summed E-state index contributed by atoms with van der Waals surface area (Å²) in [6.45, 7) is 5.32. The molecule has 3 heteroatoms. The summed E-state index contributed by atoms with van der Waals surface area (Å²) in [6.07, 6.45) is 5.13. The lowest BCUT2D eigenvalue weighted by molar-refractivity contribution is 0.0425. The monoisotopic (exact) mass is 247 g/mol. The first-order valence-electron chi connectivity index (χ1n) is 5.97. The first kappa shape index (κ1) is 14.6. The van der Waals surface area contributed by atoms with E-state index in [0.29, 0.717) is 6.54 Å². The predicted octanol–water partition coefficient (Wildman–Crippen LogP) is 1.90. The van der Waals surface area contributed by atoms with Crippen molar-refractivity contribution in [2.75, 3.05) is 20.2 Å². The van der Waals surface area contributed by atoms with Gasteiger partial charge in [-0.3, -0.25) is 4.90 Å². The SMILES string of the molecule is C#CCOc1ccc(CN(C)CC(C)(C)O)cc1. The maximum atomic E-state index is 9.73. The first-order chi connectivity index (χ1) is 8.40. The number of hydrogen-bond acceptors (Lipinski definition) is 3. The molecule has 0 amide bonds. The van der Waals surface area contributed by atoms with Crippen LogP contribution in [0.3, 0.4) is 0 Å². The van der Waals surface area contributed by atoms with E-state index in [0.717, 1.165) is 12.3 Å². The second kappa shape index (κ2) is 6.44. The van der Waals surface area contributed by atoms with Crippen molar-refractivity contribution in [1.29, 1.82) is 0 Å². The molecule has 1 aromatic carbocycles. The van der Waals surface area contributed by atoms with Gasteiger partial charge in [-0.15, -0.1) is 6.42 Å². The van der Waals surface area contributed by atoms with E-state index in [1.54, 1.807) is 13.8 Å². The molecule has 1 rings (SSSR count). The van der Waals surface area contributed by atoms with Crippen LogP contribution in [0.5, 0.6) is 5.75 Å². The molecule has 3 nitrogen and oxygen atoms in total. The van der Waals surface area contributed by atoms with E-state index in [9.17, 15) is 5.11 Å². The highest BCUT2D eigenvalue weighted by Gasteiger charge is 2.15. The Morgan fingerprint density at radius 3 is 2.44 bits per heavy atom. The van der Waals surface area contributed by atoms with Crippen LogP contribution in [0, 0.1) is 12.3 Å². The van der Waals surface area contributed by atoms with Gasteiger partial charge in [-0.25, -0.2) is 0 Å². The van der Waals surface area contributed by atoms with Crippen molar-refractivity contribution in [2.45, 2.75) is 26.0 Å². The molecule has 18 heavy (non-hydrogen) atoms. The van der Waals surface area contributed by atoms with Gasteiger partial charge in [-0.1, -0.05) is 18.1 Å². The van der Waals surface area contributed by atoms with Crippen LogP contribution in [0.2, 0.25) is 0 Å². The third-order valence-electron chi connectivity index (χ3n) is 2.35. The number of ether oxygens (including phenoxy) is 1. The second-order valence-corrected chi connectivity index (χ2v) is 5.12. The van der Waals surface area contributed by atoms with Crippen LogP contribution < -0.4 is 4.74 Å². The Labute approximate surface area is 109 Å². The molecule has 0 aliphatic heterocycles. The molecular weight excluding hydrogens is 226 g/mol. The maximum Gasteiger partial charge on any atom is 0.148 e. The van der Waals surface area contributed by atoms with Crippen molar-refractivity contribution >= 4 is 0 Å². The highest BCUT2D eigenvalue weighted by atomic mass is 16.5. The topological polar surface area (TPSA) is 32.7 Å².